The van der Waals surface area contributed by atoms with E-state index in [4.69, 9.17) is 0 Å². The Kier molecular flexibility index (Phi) is 4.27. The molecule has 1 atom stereocenters. The van der Waals surface area contributed by atoms with Crippen molar-refractivity contribution in [3.63, 3.8) is 0 Å². The second-order valence-corrected chi connectivity index (χ2v) is 7.02. The third kappa shape index (κ3) is 3.35. The summed E-state index contributed by atoms with van der Waals surface area (Å²) >= 11 is 0. The van der Waals surface area contributed by atoms with Crippen LogP contribution in [0.15, 0.2) is 41.5 Å². The number of fused-ring (bicyclic) bond motifs is 1. The number of rotatable bonds is 4. The van der Waals surface area contributed by atoms with Crippen molar-refractivity contribution in [2.75, 3.05) is 0 Å². The molecular formula is C19H19FN4O3. The summed E-state index contributed by atoms with van der Waals surface area (Å²) in [6.45, 7) is 0. The van der Waals surface area contributed by atoms with Gasteiger partial charge in [-0.2, -0.15) is 5.10 Å². The number of nitrogens with zero attached hydrogens (tertiary/aromatic N) is 2. The number of carbonyl (C=O) groups excluding carboxylic acids is 1. The van der Waals surface area contributed by atoms with Crippen LogP contribution in [0, 0.1) is 11.7 Å². The first kappa shape index (κ1) is 17.4. The van der Waals surface area contributed by atoms with E-state index in [9.17, 15) is 19.1 Å². The highest BCUT2D eigenvalue weighted by molar-refractivity contribution is 6.06. The van der Waals surface area contributed by atoms with Crippen LogP contribution in [-0.2, 0) is 7.05 Å². The molecule has 1 saturated carbocycles. The number of nitrogens with one attached hydrogen (secondary N) is 2. The lowest BCUT2D eigenvalue weighted by Crippen LogP contribution is -2.41. The summed E-state index contributed by atoms with van der Waals surface area (Å²) in [4.78, 5) is 27.5. The maximum atomic E-state index is 13.7. The molecule has 27 heavy (non-hydrogen) atoms. The Hall–Kier alpha value is -3.00. The lowest BCUT2D eigenvalue weighted by atomic mass is 9.75. The molecule has 0 bridgehead atoms. The van der Waals surface area contributed by atoms with E-state index >= 15 is 0 Å². The maximum absolute atomic E-state index is 13.7. The molecule has 1 aliphatic rings. The Morgan fingerprint density at radius 2 is 2.19 bits per heavy atom. The molecule has 3 N–H and O–H groups in total. The Labute approximate surface area is 153 Å². The summed E-state index contributed by atoms with van der Waals surface area (Å²) in [7, 11) is 1.78. The van der Waals surface area contributed by atoms with Crippen LogP contribution < -0.4 is 10.9 Å². The number of halogens is 1. The van der Waals surface area contributed by atoms with Gasteiger partial charge in [-0.15, -0.1) is 0 Å². The molecule has 140 valence electrons. The van der Waals surface area contributed by atoms with Crippen molar-refractivity contribution in [2.45, 2.75) is 25.0 Å². The minimum Gasteiger partial charge on any atom is -0.393 e. The average Bonchev–Trinajstić information content (AvgIpc) is 3.03. The summed E-state index contributed by atoms with van der Waals surface area (Å²) < 4.78 is 15.3. The minimum absolute atomic E-state index is 0.0677. The smallest absolute Gasteiger partial charge is 0.252 e. The van der Waals surface area contributed by atoms with Gasteiger partial charge in [0.25, 0.3) is 5.91 Å². The van der Waals surface area contributed by atoms with E-state index in [1.165, 1.54) is 24.3 Å². The van der Waals surface area contributed by atoms with Gasteiger partial charge in [0, 0.05) is 35.8 Å². The third-order valence-corrected chi connectivity index (χ3v) is 5.04. The topological polar surface area (TPSA) is 100 Å². The van der Waals surface area contributed by atoms with Crippen LogP contribution in [0.1, 0.15) is 34.8 Å². The van der Waals surface area contributed by atoms with Gasteiger partial charge in [-0.3, -0.25) is 14.3 Å². The fourth-order valence-electron chi connectivity index (χ4n) is 3.61. The fraction of sp³-hybridized carbons (Fsp3) is 0.316. The van der Waals surface area contributed by atoms with Crippen LogP contribution in [-0.4, -0.2) is 31.9 Å². The zero-order chi connectivity index (χ0) is 19.1. The average molecular weight is 370 g/mol. The molecule has 0 aliphatic heterocycles. The largest absolute Gasteiger partial charge is 0.393 e. The van der Waals surface area contributed by atoms with Crippen molar-refractivity contribution in [3.05, 3.63) is 64.0 Å². The van der Waals surface area contributed by atoms with Gasteiger partial charge in [-0.25, -0.2) is 4.39 Å². The first-order valence-corrected chi connectivity index (χ1v) is 8.71. The van der Waals surface area contributed by atoms with Crippen LogP contribution in [0.2, 0.25) is 0 Å². The molecule has 1 unspecified atom stereocenters. The quantitative estimate of drug-likeness (QED) is 0.650. The molecule has 4 rings (SSSR count). The monoisotopic (exact) mass is 370 g/mol. The Balaban J connectivity index is 1.70. The Bertz CT molecular complexity index is 1070. The summed E-state index contributed by atoms with van der Waals surface area (Å²) in [5.41, 5.74) is 0.896. The molecule has 1 aliphatic carbocycles. The first-order chi connectivity index (χ1) is 12.9. The molecule has 1 fully saturated rings. The number of aliphatic hydroxyl groups excluding tert-OH is 1. The Morgan fingerprint density at radius 1 is 1.41 bits per heavy atom. The number of aromatic amines is 1. The van der Waals surface area contributed by atoms with Gasteiger partial charge in [-0.05, 0) is 37.0 Å². The summed E-state index contributed by atoms with van der Waals surface area (Å²) in [5.74, 6) is -0.889. The molecule has 0 spiro atoms. The van der Waals surface area contributed by atoms with E-state index in [0.717, 1.165) is 5.56 Å². The molecule has 3 aromatic rings. The van der Waals surface area contributed by atoms with Crippen LogP contribution in [0.3, 0.4) is 0 Å². The highest BCUT2D eigenvalue weighted by atomic mass is 19.1. The number of hydrogen-bond donors (Lipinski definition) is 3. The van der Waals surface area contributed by atoms with Crippen molar-refractivity contribution in [3.8, 4) is 0 Å². The predicted octanol–water partition coefficient (Wildman–Crippen LogP) is 1.64. The number of aromatic nitrogens is 3. The van der Waals surface area contributed by atoms with Crippen LogP contribution >= 0.6 is 0 Å². The van der Waals surface area contributed by atoms with Crippen molar-refractivity contribution in [1.82, 2.24) is 20.1 Å². The molecule has 0 saturated heterocycles. The maximum Gasteiger partial charge on any atom is 0.252 e. The van der Waals surface area contributed by atoms with Crippen molar-refractivity contribution < 1.29 is 14.3 Å². The second-order valence-electron chi connectivity index (χ2n) is 7.02. The van der Waals surface area contributed by atoms with Gasteiger partial charge in [-0.1, -0.05) is 0 Å². The molecule has 7 nitrogen and oxygen atoms in total. The first-order valence-electron chi connectivity index (χ1n) is 8.71. The lowest BCUT2D eigenvalue weighted by Gasteiger charge is -2.37. The van der Waals surface area contributed by atoms with Gasteiger partial charge in [0.2, 0.25) is 5.56 Å². The molecule has 8 heteroatoms. The molecule has 1 aromatic carbocycles. The van der Waals surface area contributed by atoms with Gasteiger partial charge in [0.15, 0.2) is 0 Å². The van der Waals surface area contributed by atoms with Crippen molar-refractivity contribution in [2.24, 2.45) is 13.0 Å². The number of H-pyrrole nitrogens is 1. The van der Waals surface area contributed by atoms with Crippen LogP contribution in [0.4, 0.5) is 4.39 Å². The number of carbonyl (C=O) groups is 1. The molecular weight excluding hydrogens is 351 g/mol. The number of hydrogen-bond acceptors (Lipinski definition) is 4. The molecule has 2 aromatic heterocycles. The standard InChI is InChI=1S/C19H19FN4O3/c1-24-9-11(8-21-24)18(10-4-13(25)5-10)23-19(27)15-7-17(26)22-16-3-2-12(20)6-14(15)16/h2-3,6-10,13,18,25H,4-5H2,1H3,(H,22,26)(H,23,27). The zero-order valence-corrected chi connectivity index (χ0v) is 14.6. The highest BCUT2D eigenvalue weighted by Gasteiger charge is 2.36. The van der Waals surface area contributed by atoms with Gasteiger partial charge < -0.3 is 15.4 Å². The Morgan fingerprint density at radius 3 is 2.85 bits per heavy atom. The zero-order valence-electron chi connectivity index (χ0n) is 14.6. The van der Waals surface area contributed by atoms with Gasteiger partial charge in [0.05, 0.1) is 23.9 Å². The molecule has 2 heterocycles. The summed E-state index contributed by atoms with van der Waals surface area (Å²) in [6, 6.07) is 4.72. The number of benzene rings is 1. The van der Waals surface area contributed by atoms with E-state index in [2.05, 4.69) is 15.4 Å². The number of aliphatic hydroxyl groups is 1. The van der Waals surface area contributed by atoms with Gasteiger partial charge >= 0.3 is 0 Å². The van der Waals surface area contributed by atoms with Gasteiger partial charge in [0.1, 0.15) is 5.82 Å². The minimum atomic E-state index is -0.491. The molecule has 1 amide bonds. The number of pyridine rings is 1. The normalized spacial score (nSPS) is 20.3. The van der Waals surface area contributed by atoms with E-state index < -0.39 is 17.3 Å². The summed E-state index contributed by atoms with van der Waals surface area (Å²) in [5, 5.41) is 17.1. The van der Waals surface area contributed by atoms with E-state index in [1.807, 2.05) is 6.20 Å². The highest BCUT2D eigenvalue weighted by Crippen LogP contribution is 2.38. The van der Waals surface area contributed by atoms with Crippen LogP contribution in [0.5, 0.6) is 0 Å². The fourth-order valence-corrected chi connectivity index (χ4v) is 3.61. The third-order valence-electron chi connectivity index (χ3n) is 5.04. The van der Waals surface area contributed by atoms with Crippen molar-refractivity contribution >= 4 is 16.8 Å². The second kappa shape index (κ2) is 6.62. The van der Waals surface area contributed by atoms with E-state index in [0.29, 0.717) is 23.7 Å². The molecule has 0 radical (unpaired) electrons. The predicted molar refractivity (Wildman–Crippen MR) is 96.7 cm³/mol. The summed E-state index contributed by atoms with van der Waals surface area (Å²) in [6.07, 6.45) is 4.26. The van der Waals surface area contributed by atoms with Crippen LogP contribution in [0.25, 0.3) is 10.9 Å². The van der Waals surface area contributed by atoms with E-state index in [1.54, 1.807) is 17.9 Å². The van der Waals surface area contributed by atoms with E-state index in [-0.39, 0.29) is 23.6 Å². The SMILES string of the molecule is Cn1cc(C(NC(=O)c2cc(=O)[nH]c3ccc(F)cc23)C2CC(O)C2)cn1. The number of aryl methyl sites for hydroxylation is 1. The number of amides is 1. The van der Waals surface area contributed by atoms with Crippen molar-refractivity contribution in [1.29, 1.82) is 0 Å². The lowest BCUT2D eigenvalue weighted by molar-refractivity contribution is 0.0235.